The molecule has 0 unspecified atom stereocenters. The third kappa shape index (κ3) is 8.12. The fourth-order valence-corrected chi connectivity index (χ4v) is 3.47. The van der Waals surface area contributed by atoms with E-state index in [0.29, 0.717) is 44.1 Å². The summed E-state index contributed by atoms with van der Waals surface area (Å²) in [5, 5.41) is 3.00. The zero-order valence-electron chi connectivity index (χ0n) is 20.6. The molecule has 0 aromatic heterocycles. The maximum atomic E-state index is 13.3. The number of carbonyl (C=O) groups is 2. The molecule has 6 heteroatoms. The van der Waals surface area contributed by atoms with Gasteiger partial charge >= 0.3 is 0 Å². The van der Waals surface area contributed by atoms with Crippen LogP contribution in [0.15, 0.2) is 48.5 Å². The van der Waals surface area contributed by atoms with Gasteiger partial charge in [0.15, 0.2) is 11.5 Å². The normalized spacial score (nSPS) is 12.5. The van der Waals surface area contributed by atoms with Gasteiger partial charge < -0.3 is 19.7 Å². The largest absolute Gasteiger partial charge is 0.490 e. The lowest BCUT2D eigenvalue weighted by molar-refractivity contribution is -0.140. The van der Waals surface area contributed by atoms with Crippen LogP contribution in [0.1, 0.15) is 58.6 Å². The van der Waals surface area contributed by atoms with Crippen molar-refractivity contribution in [2.24, 2.45) is 0 Å². The number of hydrogen-bond donors (Lipinski definition) is 1. The van der Waals surface area contributed by atoms with Crippen LogP contribution in [0.25, 0.3) is 0 Å². The van der Waals surface area contributed by atoms with Crippen LogP contribution in [0.2, 0.25) is 0 Å². The molecule has 0 saturated heterocycles. The van der Waals surface area contributed by atoms with Gasteiger partial charge in [-0.05, 0) is 63.8 Å². The fourth-order valence-electron chi connectivity index (χ4n) is 3.47. The monoisotopic (exact) mass is 454 g/mol. The van der Waals surface area contributed by atoms with E-state index >= 15 is 0 Å². The Morgan fingerprint density at radius 3 is 2.21 bits per heavy atom. The molecule has 0 heterocycles. The molecule has 0 aliphatic heterocycles. The summed E-state index contributed by atoms with van der Waals surface area (Å²) in [6, 6.07) is 15.0. The summed E-state index contributed by atoms with van der Waals surface area (Å²) < 4.78 is 11.3. The summed E-state index contributed by atoms with van der Waals surface area (Å²) >= 11 is 0. The van der Waals surface area contributed by atoms with E-state index < -0.39 is 6.04 Å². The molecule has 0 bridgehead atoms. The lowest BCUT2D eigenvalue weighted by Crippen LogP contribution is -2.49. The molecule has 2 aromatic rings. The van der Waals surface area contributed by atoms with Gasteiger partial charge in [0.25, 0.3) is 0 Å². The molecule has 2 atom stereocenters. The number of nitrogens with zero attached hydrogens (tertiary/aromatic N) is 1. The number of aryl methyl sites for hydroxylation is 1. The highest BCUT2D eigenvalue weighted by Gasteiger charge is 2.26. The Morgan fingerprint density at radius 1 is 0.909 bits per heavy atom. The van der Waals surface area contributed by atoms with Gasteiger partial charge in [-0.1, -0.05) is 43.3 Å². The van der Waals surface area contributed by atoms with Crippen molar-refractivity contribution in [2.45, 2.75) is 72.5 Å². The maximum absolute atomic E-state index is 13.3. The van der Waals surface area contributed by atoms with E-state index in [1.54, 1.807) is 11.8 Å². The second-order valence-corrected chi connectivity index (χ2v) is 8.15. The lowest BCUT2D eigenvalue weighted by atomic mass is 10.1. The van der Waals surface area contributed by atoms with Gasteiger partial charge in [-0.15, -0.1) is 0 Å². The molecule has 2 amide bonds. The minimum Gasteiger partial charge on any atom is -0.490 e. The molecule has 6 nitrogen and oxygen atoms in total. The first-order valence-corrected chi connectivity index (χ1v) is 11.9. The van der Waals surface area contributed by atoms with E-state index in [9.17, 15) is 9.59 Å². The molecular formula is C27H38N2O4. The highest BCUT2D eigenvalue weighted by molar-refractivity contribution is 5.87. The predicted molar refractivity (Wildman–Crippen MR) is 131 cm³/mol. The molecule has 0 fully saturated rings. The van der Waals surface area contributed by atoms with E-state index in [1.807, 2.05) is 76.2 Å². The first-order chi connectivity index (χ1) is 15.9. The number of ether oxygens (including phenoxy) is 2. The molecule has 2 rings (SSSR count). The zero-order chi connectivity index (χ0) is 24.2. The van der Waals surface area contributed by atoms with Crippen LogP contribution >= 0.6 is 0 Å². The van der Waals surface area contributed by atoms with Crippen LogP contribution in [0.5, 0.6) is 11.5 Å². The Hall–Kier alpha value is -3.02. The third-order valence-corrected chi connectivity index (χ3v) is 5.60. The van der Waals surface area contributed by atoms with Crippen molar-refractivity contribution in [2.75, 3.05) is 13.2 Å². The minimum atomic E-state index is -0.564. The molecule has 180 valence electrons. The molecule has 1 N–H and O–H groups in total. The molecular weight excluding hydrogens is 416 g/mol. The van der Waals surface area contributed by atoms with Crippen LogP contribution in [0, 0.1) is 0 Å². The molecule has 0 aliphatic rings. The van der Waals surface area contributed by atoms with Gasteiger partial charge in [0.2, 0.25) is 11.8 Å². The van der Waals surface area contributed by atoms with Crippen LogP contribution < -0.4 is 14.8 Å². The second-order valence-electron chi connectivity index (χ2n) is 8.15. The SMILES string of the molecule is CCOc1ccc(CCC(=O)N(Cc2ccccc2)[C@@H](C)C(=O)N[C@@H](C)CC)cc1OCC. The maximum Gasteiger partial charge on any atom is 0.242 e. The Bertz CT molecular complexity index is 885. The number of carbonyl (C=O) groups excluding carboxylic acids is 2. The van der Waals surface area contributed by atoms with Gasteiger partial charge in [0, 0.05) is 19.0 Å². The number of hydrogen-bond acceptors (Lipinski definition) is 4. The Morgan fingerprint density at radius 2 is 1.58 bits per heavy atom. The average molecular weight is 455 g/mol. The molecule has 0 aliphatic carbocycles. The first kappa shape index (κ1) is 26.2. The molecule has 0 radical (unpaired) electrons. The van der Waals surface area contributed by atoms with Crippen molar-refractivity contribution in [3.8, 4) is 11.5 Å². The summed E-state index contributed by atoms with van der Waals surface area (Å²) in [7, 11) is 0. The molecule has 33 heavy (non-hydrogen) atoms. The summed E-state index contributed by atoms with van der Waals surface area (Å²) in [4.78, 5) is 27.8. The highest BCUT2D eigenvalue weighted by atomic mass is 16.5. The second kappa shape index (κ2) is 13.5. The fraction of sp³-hybridized carbons (Fsp3) is 0.481. The molecule has 0 spiro atoms. The zero-order valence-corrected chi connectivity index (χ0v) is 20.6. The number of benzene rings is 2. The molecule has 2 aromatic carbocycles. The predicted octanol–water partition coefficient (Wildman–Crippen LogP) is 4.75. The average Bonchev–Trinajstić information content (AvgIpc) is 2.82. The van der Waals surface area contributed by atoms with Crippen LogP contribution in [0.4, 0.5) is 0 Å². The minimum absolute atomic E-state index is 0.0579. The van der Waals surface area contributed by atoms with Crippen molar-refractivity contribution < 1.29 is 19.1 Å². The number of rotatable bonds is 13. The quantitative estimate of drug-likeness (QED) is 0.474. The van der Waals surface area contributed by atoms with Gasteiger partial charge in [0.1, 0.15) is 6.04 Å². The summed E-state index contributed by atoms with van der Waals surface area (Å²) in [5.74, 6) is 1.20. The Kier molecular flexibility index (Phi) is 10.7. The van der Waals surface area contributed by atoms with E-state index in [0.717, 1.165) is 17.5 Å². The first-order valence-electron chi connectivity index (χ1n) is 11.9. The van der Waals surface area contributed by atoms with Crippen molar-refractivity contribution in [1.82, 2.24) is 10.2 Å². The van der Waals surface area contributed by atoms with Crippen LogP contribution in [-0.4, -0.2) is 42.0 Å². The van der Waals surface area contributed by atoms with Gasteiger partial charge in [-0.2, -0.15) is 0 Å². The highest BCUT2D eigenvalue weighted by Crippen LogP contribution is 2.29. The lowest BCUT2D eigenvalue weighted by Gasteiger charge is -2.30. The Labute approximate surface area is 198 Å². The number of amides is 2. The number of nitrogens with one attached hydrogen (secondary N) is 1. The van der Waals surface area contributed by atoms with Crippen molar-refractivity contribution in [3.05, 3.63) is 59.7 Å². The van der Waals surface area contributed by atoms with Crippen molar-refractivity contribution in [3.63, 3.8) is 0 Å². The van der Waals surface area contributed by atoms with E-state index in [2.05, 4.69) is 5.32 Å². The van der Waals surface area contributed by atoms with Gasteiger partial charge in [0.05, 0.1) is 13.2 Å². The molecule has 0 saturated carbocycles. The van der Waals surface area contributed by atoms with Gasteiger partial charge in [-0.25, -0.2) is 0 Å². The van der Waals surface area contributed by atoms with E-state index in [-0.39, 0.29) is 17.9 Å². The smallest absolute Gasteiger partial charge is 0.242 e. The topological polar surface area (TPSA) is 67.9 Å². The summed E-state index contributed by atoms with van der Waals surface area (Å²) in [5.41, 5.74) is 1.99. The summed E-state index contributed by atoms with van der Waals surface area (Å²) in [6.07, 6.45) is 1.69. The van der Waals surface area contributed by atoms with E-state index in [1.165, 1.54) is 0 Å². The van der Waals surface area contributed by atoms with Gasteiger partial charge in [-0.3, -0.25) is 9.59 Å². The third-order valence-electron chi connectivity index (χ3n) is 5.60. The van der Waals surface area contributed by atoms with Crippen LogP contribution in [-0.2, 0) is 22.6 Å². The van der Waals surface area contributed by atoms with Crippen molar-refractivity contribution >= 4 is 11.8 Å². The summed E-state index contributed by atoms with van der Waals surface area (Å²) in [6.45, 7) is 11.1. The standard InChI is InChI=1S/C27H38N2O4/c1-6-20(4)28-27(31)21(5)29(19-23-12-10-9-11-13-23)26(30)17-15-22-14-16-24(32-7-2)25(18-22)33-8-3/h9-14,16,18,20-21H,6-8,15,17,19H2,1-5H3,(H,28,31)/t20-,21-/m0/s1. The van der Waals surface area contributed by atoms with Crippen LogP contribution in [0.3, 0.4) is 0 Å². The van der Waals surface area contributed by atoms with Crippen molar-refractivity contribution in [1.29, 1.82) is 0 Å². The van der Waals surface area contributed by atoms with E-state index in [4.69, 9.17) is 9.47 Å². The Balaban J connectivity index is 2.15.